The van der Waals surface area contributed by atoms with Crippen LogP contribution in [0.25, 0.3) is 0 Å². The topological polar surface area (TPSA) is 39.1 Å². The largest absolute Gasteiger partial charge is 0.490 e. The van der Waals surface area contributed by atoms with Crippen LogP contribution in [0.4, 0.5) is 0 Å². The molecule has 0 aromatic carbocycles. The molecule has 15 heavy (non-hydrogen) atoms. The lowest BCUT2D eigenvalue weighted by Gasteiger charge is -2.22. The van der Waals surface area contributed by atoms with E-state index in [9.17, 15) is 0 Å². The number of nitrogens with one attached hydrogen (secondary N) is 1. The second kappa shape index (κ2) is 5.16. The number of aromatic nitrogens is 2. The van der Waals surface area contributed by atoms with Crippen molar-refractivity contribution in [1.82, 2.24) is 15.1 Å². The highest BCUT2D eigenvalue weighted by molar-refractivity contribution is 5.11. The van der Waals surface area contributed by atoms with Crippen molar-refractivity contribution in [3.63, 3.8) is 0 Å². The van der Waals surface area contributed by atoms with E-state index in [2.05, 4.69) is 10.4 Å². The molecule has 0 spiro atoms. The quantitative estimate of drug-likeness (QED) is 0.809. The van der Waals surface area contributed by atoms with Crippen molar-refractivity contribution in [2.75, 3.05) is 19.7 Å². The molecular weight excluding hydrogens is 190 g/mol. The Hall–Kier alpha value is -1.03. The summed E-state index contributed by atoms with van der Waals surface area (Å²) in [5.41, 5.74) is 0. The minimum absolute atomic E-state index is 0.787. The van der Waals surface area contributed by atoms with Gasteiger partial charge in [-0.15, -0.1) is 0 Å². The summed E-state index contributed by atoms with van der Waals surface area (Å²) in [5, 5.41) is 7.48. The summed E-state index contributed by atoms with van der Waals surface area (Å²) in [5.74, 6) is 1.66. The molecule has 1 N–H and O–H groups in total. The van der Waals surface area contributed by atoms with E-state index < -0.39 is 0 Å². The molecule has 1 fully saturated rings. The van der Waals surface area contributed by atoms with E-state index in [1.165, 1.54) is 19.4 Å². The van der Waals surface area contributed by atoms with Gasteiger partial charge in [0.1, 0.15) is 0 Å². The average Bonchev–Trinajstić information content (AvgIpc) is 2.66. The molecule has 1 unspecified atom stereocenters. The summed E-state index contributed by atoms with van der Waals surface area (Å²) in [6.07, 6.45) is 7.45. The summed E-state index contributed by atoms with van der Waals surface area (Å²) in [6, 6.07) is 0. The molecule has 4 nitrogen and oxygen atoms in total. The molecule has 1 atom stereocenters. The number of ether oxygens (including phenoxy) is 1. The van der Waals surface area contributed by atoms with E-state index in [0.717, 1.165) is 31.2 Å². The van der Waals surface area contributed by atoms with Crippen molar-refractivity contribution in [2.24, 2.45) is 13.0 Å². The van der Waals surface area contributed by atoms with Crippen LogP contribution in [0.1, 0.15) is 19.3 Å². The lowest BCUT2D eigenvalue weighted by molar-refractivity contribution is 0.254. The molecule has 1 aliphatic heterocycles. The second-order valence-corrected chi connectivity index (χ2v) is 4.20. The first kappa shape index (κ1) is 10.5. The summed E-state index contributed by atoms with van der Waals surface area (Å²) < 4.78 is 7.38. The minimum atomic E-state index is 0.787. The van der Waals surface area contributed by atoms with Crippen molar-refractivity contribution in [3.8, 4) is 5.75 Å². The maximum absolute atomic E-state index is 5.62. The molecule has 0 saturated carbocycles. The van der Waals surface area contributed by atoms with E-state index in [1.807, 2.05) is 13.2 Å². The van der Waals surface area contributed by atoms with Crippen LogP contribution in [0.3, 0.4) is 0 Å². The lowest BCUT2D eigenvalue weighted by atomic mass is 9.97. The number of rotatable bonds is 4. The van der Waals surface area contributed by atoms with E-state index in [4.69, 9.17) is 4.74 Å². The molecule has 1 aromatic rings. The van der Waals surface area contributed by atoms with Gasteiger partial charge in [-0.3, -0.25) is 4.68 Å². The fraction of sp³-hybridized carbons (Fsp3) is 0.727. The normalized spacial score (nSPS) is 21.5. The lowest BCUT2D eigenvalue weighted by Crippen LogP contribution is -2.30. The van der Waals surface area contributed by atoms with Gasteiger partial charge in [-0.25, -0.2) is 0 Å². The Kier molecular flexibility index (Phi) is 3.61. The molecular formula is C11H19N3O. The number of hydrogen-bond acceptors (Lipinski definition) is 3. The van der Waals surface area contributed by atoms with Crippen LogP contribution in [-0.2, 0) is 7.05 Å². The summed E-state index contributed by atoms with van der Waals surface area (Å²) >= 11 is 0. The average molecular weight is 209 g/mol. The molecule has 0 bridgehead atoms. The van der Waals surface area contributed by atoms with Gasteiger partial charge < -0.3 is 10.1 Å². The van der Waals surface area contributed by atoms with Crippen molar-refractivity contribution < 1.29 is 4.74 Å². The standard InChI is InChI=1S/C11H19N3O/c1-14-9-11(8-13-14)15-6-4-10-3-2-5-12-7-10/h8-10,12H,2-7H2,1H3. The smallest absolute Gasteiger partial charge is 0.157 e. The second-order valence-electron chi connectivity index (χ2n) is 4.20. The molecule has 4 heteroatoms. The molecule has 2 rings (SSSR count). The SMILES string of the molecule is Cn1cc(OCCC2CCCNC2)cn1. The number of aryl methyl sites for hydroxylation is 1. The zero-order chi connectivity index (χ0) is 10.5. The first-order chi connectivity index (χ1) is 7.34. The third-order valence-electron chi connectivity index (χ3n) is 2.87. The summed E-state index contributed by atoms with van der Waals surface area (Å²) in [4.78, 5) is 0. The molecule has 1 aliphatic rings. The molecule has 0 amide bonds. The van der Waals surface area contributed by atoms with Gasteiger partial charge in [0, 0.05) is 7.05 Å². The molecule has 84 valence electrons. The Morgan fingerprint density at radius 1 is 1.67 bits per heavy atom. The third kappa shape index (κ3) is 3.23. The van der Waals surface area contributed by atoms with E-state index in [0.29, 0.717) is 0 Å². The number of nitrogens with zero attached hydrogens (tertiary/aromatic N) is 2. The van der Waals surface area contributed by atoms with E-state index >= 15 is 0 Å². The van der Waals surface area contributed by atoms with Crippen LogP contribution in [0, 0.1) is 5.92 Å². The first-order valence-electron chi connectivity index (χ1n) is 5.67. The summed E-state index contributed by atoms with van der Waals surface area (Å²) in [6.45, 7) is 3.13. The van der Waals surface area contributed by atoms with Crippen LogP contribution in [0.2, 0.25) is 0 Å². The van der Waals surface area contributed by atoms with Gasteiger partial charge in [0.25, 0.3) is 0 Å². The van der Waals surface area contributed by atoms with Crippen molar-refractivity contribution in [3.05, 3.63) is 12.4 Å². The highest BCUT2D eigenvalue weighted by Gasteiger charge is 2.12. The number of piperidine rings is 1. The Balaban J connectivity index is 1.65. The Labute approximate surface area is 90.6 Å². The van der Waals surface area contributed by atoms with Crippen molar-refractivity contribution in [1.29, 1.82) is 0 Å². The fourth-order valence-corrected chi connectivity index (χ4v) is 1.99. The number of hydrogen-bond donors (Lipinski definition) is 1. The maximum atomic E-state index is 5.62. The van der Waals surface area contributed by atoms with Gasteiger partial charge in [0.15, 0.2) is 5.75 Å². The van der Waals surface area contributed by atoms with Crippen LogP contribution in [0.15, 0.2) is 12.4 Å². The molecule has 1 saturated heterocycles. The van der Waals surface area contributed by atoms with Gasteiger partial charge >= 0.3 is 0 Å². The van der Waals surface area contributed by atoms with Gasteiger partial charge in [-0.2, -0.15) is 5.10 Å². The Morgan fingerprint density at radius 2 is 2.60 bits per heavy atom. The van der Waals surface area contributed by atoms with E-state index in [-0.39, 0.29) is 0 Å². The molecule has 1 aromatic heterocycles. The predicted octanol–water partition coefficient (Wildman–Crippen LogP) is 1.19. The van der Waals surface area contributed by atoms with Crippen LogP contribution >= 0.6 is 0 Å². The van der Waals surface area contributed by atoms with Crippen LogP contribution in [0.5, 0.6) is 5.75 Å². The van der Waals surface area contributed by atoms with Crippen LogP contribution in [-0.4, -0.2) is 29.5 Å². The third-order valence-corrected chi connectivity index (χ3v) is 2.87. The zero-order valence-corrected chi connectivity index (χ0v) is 9.28. The summed E-state index contributed by atoms with van der Waals surface area (Å²) in [7, 11) is 1.90. The highest BCUT2D eigenvalue weighted by Crippen LogP contribution is 2.15. The fourth-order valence-electron chi connectivity index (χ4n) is 1.99. The Bertz CT molecular complexity index is 292. The highest BCUT2D eigenvalue weighted by atomic mass is 16.5. The van der Waals surface area contributed by atoms with E-state index in [1.54, 1.807) is 10.9 Å². The molecule has 0 aliphatic carbocycles. The van der Waals surface area contributed by atoms with Gasteiger partial charge in [-0.1, -0.05) is 0 Å². The van der Waals surface area contributed by atoms with Crippen LogP contribution < -0.4 is 10.1 Å². The van der Waals surface area contributed by atoms with Crippen molar-refractivity contribution in [2.45, 2.75) is 19.3 Å². The van der Waals surface area contributed by atoms with Gasteiger partial charge in [0.05, 0.1) is 19.0 Å². The molecule has 2 heterocycles. The zero-order valence-electron chi connectivity index (χ0n) is 9.28. The van der Waals surface area contributed by atoms with Gasteiger partial charge in [0.2, 0.25) is 0 Å². The maximum Gasteiger partial charge on any atom is 0.157 e. The molecule has 0 radical (unpaired) electrons. The Morgan fingerprint density at radius 3 is 3.27 bits per heavy atom. The monoisotopic (exact) mass is 209 g/mol. The predicted molar refractivity (Wildman–Crippen MR) is 58.9 cm³/mol. The van der Waals surface area contributed by atoms with Crippen molar-refractivity contribution >= 4 is 0 Å². The minimum Gasteiger partial charge on any atom is -0.490 e. The van der Waals surface area contributed by atoms with Gasteiger partial charge in [-0.05, 0) is 38.3 Å². The first-order valence-corrected chi connectivity index (χ1v) is 5.67.